The van der Waals surface area contributed by atoms with Crippen LogP contribution in [0.5, 0.6) is 0 Å². The molecule has 0 aliphatic rings. The maximum atomic E-state index is 12.0. The standard InChI is InChI=1S/C12H16N2O3/c1-12(13,9-6-4-3-5-7-9)11(17)14(2)8-10(15)16/h3-7H,8,13H2,1-2H3,(H,15,16). The Kier molecular flexibility index (Phi) is 3.85. The van der Waals surface area contributed by atoms with Crippen LogP contribution in [-0.2, 0) is 15.1 Å². The fourth-order valence-corrected chi connectivity index (χ4v) is 1.58. The van der Waals surface area contributed by atoms with Crippen molar-refractivity contribution in [3.63, 3.8) is 0 Å². The Hall–Kier alpha value is -1.88. The van der Waals surface area contributed by atoms with Crippen molar-refractivity contribution in [1.29, 1.82) is 0 Å². The Morgan fingerprint density at radius 3 is 2.35 bits per heavy atom. The third kappa shape index (κ3) is 3.04. The number of benzene rings is 1. The van der Waals surface area contributed by atoms with Gasteiger partial charge in [-0.2, -0.15) is 0 Å². The molecule has 1 rings (SSSR count). The van der Waals surface area contributed by atoms with Gasteiger partial charge in [-0.3, -0.25) is 9.59 Å². The lowest BCUT2D eigenvalue weighted by Crippen LogP contribution is -2.50. The van der Waals surface area contributed by atoms with Crippen molar-refractivity contribution < 1.29 is 14.7 Å². The molecule has 1 amide bonds. The van der Waals surface area contributed by atoms with Crippen LogP contribution < -0.4 is 5.73 Å². The minimum Gasteiger partial charge on any atom is -0.480 e. The molecule has 1 atom stereocenters. The number of rotatable bonds is 4. The van der Waals surface area contributed by atoms with Crippen LogP contribution in [0.25, 0.3) is 0 Å². The van der Waals surface area contributed by atoms with E-state index in [1.807, 2.05) is 6.07 Å². The number of nitrogens with two attached hydrogens (primary N) is 1. The minimum absolute atomic E-state index is 0.363. The number of carboxylic acid groups (broad SMARTS) is 1. The average Bonchev–Trinajstić information content (AvgIpc) is 2.28. The molecule has 0 spiro atoms. The minimum atomic E-state index is -1.22. The van der Waals surface area contributed by atoms with Gasteiger partial charge in [0.1, 0.15) is 12.1 Å². The summed E-state index contributed by atoms with van der Waals surface area (Å²) in [5.74, 6) is -1.49. The molecule has 0 aliphatic heterocycles. The monoisotopic (exact) mass is 236 g/mol. The zero-order chi connectivity index (χ0) is 13.1. The molecule has 92 valence electrons. The van der Waals surface area contributed by atoms with E-state index in [9.17, 15) is 9.59 Å². The third-order valence-electron chi connectivity index (χ3n) is 2.54. The van der Waals surface area contributed by atoms with Crippen molar-refractivity contribution in [3.8, 4) is 0 Å². The molecule has 0 radical (unpaired) electrons. The van der Waals surface area contributed by atoms with E-state index in [0.29, 0.717) is 5.56 Å². The number of hydrogen-bond acceptors (Lipinski definition) is 3. The number of amides is 1. The maximum absolute atomic E-state index is 12.0. The molecule has 3 N–H and O–H groups in total. The highest BCUT2D eigenvalue weighted by molar-refractivity contribution is 5.89. The maximum Gasteiger partial charge on any atom is 0.323 e. The summed E-state index contributed by atoms with van der Waals surface area (Å²) in [7, 11) is 1.42. The Labute approximate surface area is 99.8 Å². The highest BCUT2D eigenvalue weighted by Gasteiger charge is 2.33. The van der Waals surface area contributed by atoms with E-state index in [4.69, 9.17) is 10.8 Å². The summed E-state index contributed by atoms with van der Waals surface area (Å²) in [6, 6.07) is 8.87. The fraction of sp³-hybridized carbons (Fsp3) is 0.333. The lowest BCUT2D eigenvalue weighted by atomic mass is 9.92. The zero-order valence-electron chi connectivity index (χ0n) is 9.88. The average molecular weight is 236 g/mol. The number of aliphatic carboxylic acids is 1. The summed E-state index contributed by atoms with van der Waals surface area (Å²) >= 11 is 0. The first-order valence-electron chi connectivity index (χ1n) is 5.17. The van der Waals surface area contributed by atoms with Gasteiger partial charge >= 0.3 is 5.97 Å². The molecule has 0 saturated heterocycles. The van der Waals surface area contributed by atoms with E-state index in [1.54, 1.807) is 31.2 Å². The predicted octanol–water partition coefficient (Wildman–Crippen LogP) is 0.404. The largest absolute Gasteiger partial charge is 0.480 e. The van der Waals surface area contributed by atoms with Crippen molar-refractivity contribution in [1.82, 2.24) is 4.90 Å². The van der Waals surface area contributed by atoms with E-state index in [0.717, 1.165) is 4.90 Å². The summed E-state index contributed by atoms with van der Waals surface area (Å²) in [5, 5.41) is 8.63. The molecule has 0 bridgehead atoms. The first kappa shape index (κ1) is 13.2. The van der Waals surface area contributed by atoms with Crippen LogP contribution in [0.3, 0.4) is 0 Å². The van der Waals surface area contributed by atoms with Crippen LogP contribution in [0.2, 0.25) is 0 Å². The quantitative estimate of drug-likeness (QED) is 0.792. The number of carboxylic acids is 1. The molecular formula is C12H16N2O3. The fourth-order valence-electron chi connectivity index (χ4n) is 1.58. The van der Waals surface area contributed by atoms with Gasteiger partial charge in [-0.15, -0.1) is 0 Å². The first-order valence-corrected chi connectivity index (χ1v) is 5.17. The van der Waals surface area contributed by atoms with E-state index in [-0.39, 0.29) is 6.54 Å². The predicted molar refractivity (Wildman–Crippen MR) is 63.3 cm³/mol. The van der Waals surface area contributed by atoms with Gasteiger partial charge in [0, 0.05) is 7.05 Å². The van der Waals surface area contributed by atoms with Crippen molar-refractivity contribution in [2.75, 3.05) is 13.6 Å². The highest BCUT2D eigenvalue weighted by Crippen LogP contribution is 2.19. The van der Waals surface area contributed by atoms with Gasteiger partial charge < -0.3 is 15.7 Å². The second-order valence-corrected chi connectivity index (χ2v) is 4.12. The molecule has 0 saturated carbocycles. The van der Waals surface area contributed by atoms with E-state index in [2.05, 4.69) is 0 Å². The van der Waals surface area contributed by atoms with E-state index >= 15 is 0 Å². The van der Waals surface area contributed by atoms with Crippen molar-refractivity contribution in [3.05, 3.63) is 35.9 Å². The van der Waals surface area contributed by atoms with Crippen molar-refractivity contribution in [2.45, 2.75) is 12.5 Å². The van der Waals surface area contributed by atoms with Crippen LogP contribution in [0.4, 0.5) is 0 Å². The summed E-state index contributed by atoms with van der Waals surface area (Å²) in [6.07, 6.45) is 0. The molecule has 5 nitrogen and oxygen atoms in total. The van der Waals surface area contributed by atoms with Crippen LogP contribution >= 0.6 is 0 Å². The Morgan fingerprint density at radius 1 is 1.35 bits per heavy atom. The topological polar surface area (TPSA) is 83.6 Å². The number of carbonyl (C=O) groups is 2. The van der Waals surface area contributed by atoms with Gasteiger partial charge in [0.15, 0.2) is 0 Å². The van der Waals surface area contributed by atoms with Gasteiger partial charge in [-0.1, -0.05) is 30.3 Å². The van der Waals surface area contributed by atoms with Gasteiger partial charge in [0.2, 0.25) is 5.91 Å². The number of hydrogen-bond donors (Lipinski definition) is 2. The Morgan fingerprint density at radius 2 is 1.88 bits per heavy atom. The number of nitrogens with zero attached hydrogens (tertiary/aromatic N) is 1. The molecule has 17 heavy (non-hydrogen) atoms. The molecule has 0 aromatic heterocycles. The second kappa shape index (κ2) is 4.97. The lowest BCUT2D eigenvalue weighted by molar-refractivity contribution is -0.145. The second-order valence-electron chi connectivity index (χ2n) is 4.12. The summed E-state index contributed by atoms with van der Waals surface area (Å²) in [5.41, 5.74) is 5.41. The molecular weight excluding hydrogens is 220 g/mol. The van der Waals surface area contributed by atoms with Crippen molar-refractivity contribution in [2.24, 2.45) is 5.73 Å². The van der Waals surface area contributed by atoms with Gasteiger partial charge in [0.05, 0.1) is 0 Å². The van der Waals surface area contributed by atoms with Crippen LogP contribution in [0.15, 0.2) is 30.3 Å². The van der Waals surface area contributed by atoms with Gasteiger partial charge in [-0.05, 0) is 12.5 Å². The van der Waals surface area contributed by atoms with E-state index in [1.165, 1.54) is 7.05 Å². The zero-order valence-corrected chi connectivity index (χ0v) is 9.88. The molecule has 5 heteroatoms. The van der Waals surface area contributed by atoms with E-state index < -0.39 is 17.4 Å². The molecule has 1 aromatic rings. The van der Waals surface area contributed by atoms with Gasteiger partial charge in [0.25, 0.3) is 0 Å². The van der Waals surface area contributed by atoms with Crippen LogP contribution in [-0.4, -0.2) is 35.5 Å². The molecule has 1 unspecified atom stereocenters. The molecule has 0 heterocycles. The summed E-state index contributed by atoms with van der Waals surface area (Å²) in [6.45, 7) is 1.21. The van der Waals surface area contributed by atoms with Crippen LogP contribution in [0, 0.1) is 0 Å². The summed E-state index contributed by atoms with van der Waals surface area (Å²) in [4.78, 5) is 23.7. The Bertz CT molecular complexity index is 415. The smallest absolute Gasteiger partial charge is 0.323 e. The number of carbonyl (C=O) groups excluding carboxylic acids is 1. The normalized spacial score (nSPS) is 13.8. The lowest BCUT2D eigenvalue weighted by Gasteiger charge is -2.28. The summed E-state index contributed by atoms with van der Waals surface area (Å²) < 4.78 is 0. The molecule has 0 fully saturated rings. The highest BCUT2D eigenvalue weighted by atomic mass is 16.4. The van der Waals surface area contributed by atoms with Crippen LogP contribution in [0.1, 0.15) is 12.5 Å². The van der Waals surface area contributed by atoms with Gasteiger partial charge in [-0.25, -0.2) is 0 Å². The molecule has 1 aromatic carbocycles. The Balaban J connectivity index is 2.91. The number of likely N-dealkylation sites (N-methyl/N-ethyl adjacent to an activating group) is 1. The van der Waals surface area contributed by atoms with Crippen molar-refractivity contribution >= 4 is 11.9 Å². The SMILES string of the molecule is CN(CC(=O)O)C(=O)C(C)(N)c1ccccc1. The first-order chi connectivity index (χ1) is 7.85. The third-order valence-corrected chi connectivity index (χ3v) is 2.54. The molecule has 0 aliphatic carbocycles.